The van der Waals surface area contributed by atoms with Crippen LogP contribution >= 0.6 is 11.6 Å². The van der Waals surface area contributed by atoms with E-state index in [1.165, 1.54) is 17.0 Å². The van der Waals surface area contributed by atoms with Crippen molar-refractivity contribution in [2.45, 2.75) is 64.1 Å². The highest BCUT2D eigenvalue weighted by Crippen LogP contribution is 2.31. The summed E-state index contributed by atoms with van der Waals surface area (Å²) in [4.78, 5) is 30.1. The fourth-order valence-corrected chi connectivity index (χ4v) is 6.66. The van der Waals surface area contributed by atoms with Gasteiger partial charge in [0.25, 0.3) is 10.0 Å². The Kier molecular flexibility index (Phi) is 10.7. The van der Waals surface area contributed by atoms with E-state index in [1.54, 1.807) is 43.3 Å². The lowest BCUT2D eigenvalue weighted by molar-refractivity contribution is -0.140. The average molecular weight is 646 g/mol. The number of amides is 2. The number of sulfonamides is 1. The minimum absolute atomic E-state index is 0.0357. The molecule has 0 fully saturated rings. The summed E-state index contributed by atoms with van der Waals surface area (Å²) in [6.45, 7) is 8.89. The monoisotopic (exact) mass is 645 g/mol. The number of halogens is 1. The number of carbonyl (C=O) groups is 2. The first kappa shape index (κ1) is 33.7. The summed E-state index contributed by atoms with van der Waals surface area (Å²) in [5.41, 5.74) is 2.97. The van der Waals surface area contributed by atoms with E-state index in [9.17, 15) is 18.0 Å². The van der Waals surface area contributed by atoms with E-state index in [4.69, 9.17) is 11.6 Å². The van der Waals surface area contributed by atoms with Crippen LogP contribution in [-0.4, -0.2) is 43.3 Å². The number of hydrogen-bond donors (Lipinski definition) is 1. The lowest BCUT2D eigenvalue weighted by Gasteiger charge is -2.35. The molecule has 0 radical (unpaired) electrons. The van der Waals surface area contributed by atoms with Crippen molar-refractivity contribution >= 4 is 39.1 Å². The third-order valence-electron chi connectivity index (χ3n) is 7.36. The summed E-state index contributed by atoms with van der Waals surface area (Å²) in [6.07, 6.45) is 0.238. The van der Waals surface area contributed by atoms with Gasteiger partial charge in [0, 0.05) is 23.5 Å². The van der Waals surface area contributed by atoms with Crippen LogP contribution in [0.15, 0.2) is 108 Å². The number of aryl methyl sites for hydroxylation is 1. The van der Waals surface area contributed by atoms with Crippen LogP contribution in [0.25, 0.3) is 0 Å². The molecule has 4 aromatic rings. The van der Waals surface area contributed by atoms with Crippen LogP contribution < -0.4 is 9.62 Å². The number of rotatable bonds is 11. The maximum Gasteiger partial charge on any atom is 0.264 e. The summed E-state index contributed by atoms with van der Waals surface area (Å²) in [5, 5.41) is 3.42. The second-order valence-electron chi connectivity index (χ2n) is 12.2. The molecule has 9 heteroatoms. The first-order chi connectivity index (χ1) is 21.3. The molecule has 236 valence electrons. The van der Waals surface area contributed by atoms with Gasteiger partial charge in [-0.25, -0.2) is 8.42 Å². The summed E-state index contributed by atoms with van der Waals surface area (Å²) in [5.74, 6) is -0.859. The van der Waals surface area contributed by atoms with Crippen LogP contribution in [0.1, 0.15) is 43.0 Å². The summed E-state index contributed by atoms with van der Waals surface area (Å²) in [6, 6.07) is 29.2. The molecule has 0 aliphatic heterocycles. The van der Waals surface area contributed by atoms with E-state index in [2.05, 4.69) is 5.32 Å². The molecule has 4 rings (SSSR count). The van der Waals surface area contributed by atoms with Crippen molar-refractivity contribution in [2.75, 3.05) is 10.8 Å². The molecule has 1 atom stereocenters. The lowest BCUT2D eigenvalue weighted by Crippen LogP contribution is -2.56. The number of hydrogen-bond acceptors (Lipinski definition) is 4. The number of nitrogens with zero attached hydrogens (tertiary/aromatic N) is 2. The van der Waals surface area contributed by atoms with Crippen molar-refractivity contribution in [2.24, 2.45) is 0 Å². The maximum atomic E-state index is 14.6. The second kappa shape index (κ2) is 14.3. The van der Waals surface area contributed by atoms with Gasteiger partial charge < -0.3 is 10.2 Å². The zero-order valence-corrected chi connectivity index (χ0v) is 27.9. The molecule has 0 aliphatic carbocycles. The highest BCUT2D eigenvalue weighted by molar-refractivity contribution is 7.92. The molecule has 0 aromatic heterocycles. The van der Waals surface area contributed by atoms with Crippen LogP contribution in [0.3, 0.4) is 0 Å². The van der Waals surface area contributed by atoms with E-state index < -0.39 is 34.1 Å². The molecule has 7 nitrogen and oxygen atoms in total. The quantitative estimate of drug-likeness (QED) is 0.197. The molecule has 0 spiro atoms. The molecule has 2 amide bonds. The van der Waals surface area contributed by atoms with E-state index in [1.807, 2.05) is 82.3 Å². The maximum absolute atomic E-state index is 14.6. The Morgan fingerprint density at radius 1 is 0.800 bits per heavy atom. The molecule has 1 N–H and O–H groups in total. The van der Waals surface area contributed by atoms with Crippen LogP contribution in [0.4, 0.5) is 5.69 Å². The highest BCUT2D eigenvalue weighted by Gasteiger charge is 2.36. The molecule has 0 saturated carbocycles. The molecular formula is C36H40ClN3O4S. The van der Waals surface area contributed by atoms with Crippen molar-refractivity contribution in [3.63, 3.8) is 0 Å². The minimum Gasteiger partial charge on any atom is -0.350 e. The second-order valence-corrected chi connectivity index (χ2v) is 14.4. The smallest absolute Gasteiger partial charge is 0.264 e. The zero-order valence-electron chi connectivity index (χ0n) is 26.3. The average Bonchev–Trinajstić information content (AvgIpc) is 3.00. The van der Waals surface area contributed by atoms with E-state index in [0.29, 0.717) is 10.6 Å². The Balaban J connectivity index is 1.84. The highest BCUT2D eigenvalue weighted by atomic mass is 35.5. The molecule has 0 heterocycles. The van der Waals surface area contributed by atoms with Gasteiger partial charge in [-0.3, -0.25) is 13.9 Å². The SMILES string of the molecule is Cc1ccc(CN(C(=O)CN(c2cccc(Cl)c2C)S(=O)(=O)c2ccccc2)[C@H](Cc2ccccc2)C(=O)NC(C)(C)C)cc1. The minimum atomic E-state index is -4.21. The van der Waals surface area contributed by atoms with Crippen molar-refractivity contribution in [1.82, 2.24) is 10.2 Å². The largest absolute Gasteiger partial charge is 0.350 e. The van der Waals surface area contributed by atoms with Crippen molar-refractivity contribution in [3.05, 3.63) is 130 Å². The Morgan fingerprint density at radius 2 is 1.40 bits per heavy atom. The summed E-state index contributed by atoms with van der Waals surface area (Å²) < 4.78 is 29.4. The molecule has 0 saturated heterocycles. The molecule has 0 bridgehead atoms. The third kappa shape index (κ3) is 8.74. The van der Waals surface area contributed by atoms with E-state index in [0.717, 1.165) is 21.0 Å². The summed E-state index contributed by atoms with van der Waals surface area (Å²) >= 11 is 6.45. The lowest BCUT2D eigenvalue weighted by atomic mass is 10.0. The van der Waals surface area contributed by atoms with Crippen LogP contribution in [0.2, 0.25) is 5.02 Å². The topological polar surface area (TPSA) is 86.8 Å². The van der Waals surface area contributed by atoms with Crippen molar-refractivity contribution in [3.8, 4) is 0 Å². The first-order valence-electron chi connectivity index (χ1n) is 14.8. The van der Waals surface area contributed by atoms with Gasteiger partial charge in [0.15, 0.2) is 0 Å². The number of anilines is 1. The Hall–Kier alpha value is -4.14. The van der Waals surface area contributed by atoms with E-state index in [-0.39, 0.29) is 29.5 Å². The van der Waals surface area contributed by atoms with E-state index >= 15 is 0 Å². The van der Waals surface area contributed by atoms with Gasteiger partial charge in [-0.1, -0.05) is 96.0 Å². The van der Waals surface area contributed by atoms with Gasteiger partial charge in [-0.2, -0.15) is 0 Å². The molecule has 4 aromatic carbocycles. The molecule has 45 heavy (non-hydrogen) atoms. The van der Waals surface area contributed by atoms with Gasteiger partial charge in [0.1, 0.15) is 12.6 Å². The molecule has 0 unspecified atom stereocenters. The number of carbonyl (C=O) groups excluding carboxylic acids is 2. The van der Waals surface area contributed by atoms with Gasteiger partial charge >= 0.3 is 0 Å². The molecular weight excluding hydrogens is 606 g/mol. The predicted octanol–water partition coefficient (Wildman–Crippen LogP) is 6.71. The normalized spacial score (nSPS) is 12.3. The van der Waals surface area contributed by atoms with Gasteiger partial charge in [-0.05, 0) is 75.6 Å². The van der Waals surface area contributed by atoms with Crippen molar-refractivity contribution < 1.29 is 18.0 Å². The van der Waals surface area contributed by atoms with Gasteiger partial charge in [-0.15, -0.1) is 0 Å². The third-order valence-corrected chi connectivity index (χ3v) is 9.54. The number of benzene rings is 4. The standard InChI is InChI=1S/C36H40ClN3O4S/c1-26-19-21-29(22-20-26)24-39(33(35(42)38-36(3,4)5)23-28-13-8-6-9-14-28)34(41)25-40(32-18-12-17-31(37)27(32)2)45(43,44)30-15-10-7-11-16-30/h6-22,33H,23-25H2,1-5H3,(H,38,42)/t33-/m1/s1. The fraction of sp³-hybridized carbons (Fsp3) is 0.278. The van der Waals surface area contributed by atoms with Gasteiger partial charge in [0.05, 0.1) is 10.6 Å². The van der Waals surface area contributed by atoms with Crippen LogP contribution in [0, 0.1) is 13.8 Å². The fourth-order valence-electron chi connectivity index (χ4n) is 5.00. The predicted molar refractivity (Wildman–Crippen MR) is 181 cm³/mol. The van der Waals surface area contributed by atoms with Gasteiger partial charge in [0.2, 0.25) is 11.8 Å². The first-order valence-corrected chi connectivity index (χ1v) is 16.6. The van der Waals surface area contributed by atoms with Crippen LogP contribution in [0.5, 0.6) is 0 Å². The Morgan fingerprint density at radius 3 is 2.00 bits per heavy atom. The van der Waals surface area contributed by atoms with Crippen LogP contribution in [-0.2, 0) is 32.6 Å². The zero-order chi connectivity index (χ0) is 32.8. The molecule has 0 aliphatic rings. The Labute approximate surface area is 271 Å². The van der Waals surface area contributed by atoms with Crippen molar-refractivity contribution in [1.29, 1.82) is 0 Å². The Bertz CT molecular complexity index is 1720. The number of nitrogens with one attached hydrogen (secondary N) is 1. The summed E-state index contributed by atoms with van der Waals surface area (Å²) in [7, 11) is -4.21.